The highest BCUT2D eigenvalue weighted by Gasteiger charge is 2.31. The predicted molar refractivity (Wildman–Crippen MR) is 75.6 cm³/mol. The number of hydrogen-bond donors (Lipinski definition) is 1. The number of hydrogen-bond acceptors (Lipinski definition) is 3. The van der Waals surface area contributed by atoms with Gasteiger partial charge >= 0.3 is 0 Å². The van der Waals surface area contributed by atoms with E-state index in [1.54, 1.807) is 0 Å². The summed E-state index contributed by atoms with van der Waals surface area (Å²) in [7, 11) is 0. The van der Waals surface area contributed by atoms with E-state index in [0.29, 0.717) is 12.1 Å². The number of nitrogens with two attached hydrogens (primary N) is 1. The molecular formula is C14H24N2S. The molecule has 3 heteroatoms. The summed E-state index contributed by atoms with van der Waals surface area (Å²) in [5.74, 6) is 0. The molecule has 1 fully saturated rings. The van der Waals surface area contributed by atoms with Gasteiger partial charge in [-0.25, -0.2) is 0 Å². The summed E-state index contributed by atoms with van der Waals surface area (Å²) in [5, 5.41) is 0. The van der Waals surface area contributed by atoms with Crippen LogP contribution in [0.3, 0.4) is 0 Å². The number of likely N-dealkylation sites (tertiary alicyclic amines) is 1. The van der Waals surface area contributed by atoms with Crippen LogP contribution in [0.2, 0.25) is 0 Å². The Kier molecular flexibility index (Phi) is 4.23. The highest BCUT2D eigenvalue weighted by molar-refractivity contribution is 7.12. The maximum Gasteiger partial charge on any atom is 0.0510 e. The Bertz CT molecular complexity index is 370. The van der Waals surface area contributed by atoms with E-state index in [9.17, 15) is 0 Å². The van der Waals surface area contributed by atoms with Gasteiger partial charge in [0.05, 0.1) is 6.04 Å². The molecular weight excluding hydrogens is 228 g/mol. The molecule has 1 aromatic rings. The third kappa shape index (κ3) is 2.72. The van der Waals surface area contributed by atoms with Crippen LogP contribution in [0.5, 0.6) is 0 Å². The lowest BCUT2D eigenvalue weighted by atomic mass is 9.91. The molecule has 0 radical (unpaired) electrons. The van der Waals surface area contributed by atoms with Crippen LogP contribution in [-0.2, 0) is 0 Å². The first kappa shape index (κ1) is 13.1. The molecule has 1 aliphatic heterocycles. The fraction of sp³-hybridized carbons (Fsp3) is 0.714. The highest BCUT2D eigenvalue weighted by atomic mass is 32.1. The van der Waals surface area contributed by atoms with Crippen molar-refractivity contribution in [2.24, 2.45) is 5.73 Å². The largest absolute Gasteiger partial charge is 0.326 e. The van der Waals surface area contributed by atoms with Crippen molar-refractivity contribution >= 4 is 11.3 Å². The molecule has 1 aliphatic rings. The van der Waals surface area contributed by atoms with Crippen molar-refractivity contribution in [2.45, 2.75) is 52.1 Å². The van der Waals surface area contributed by atoms with Gasteiger partial charge in [-0.2, -0.15) is 0 Å². The van der Waals surface area contributed by atoms with Crippen LogP contribution in [0.25, 0.3) is 0 Å². The third-order valence-electron chi connectivity index (χ3n) is 3.69. The van der Waals surface area contributed by atoms with Crippen molar-refractivity contribution in [3.63, 3.8) is 0 Å². The Morgan fingerprint density at radius 1 is 1.47 bits per heavy atom. The molecule has 2 unspecified atom stereocenters. The normalized spacial score (nSPS) is 26.4. The van der Waals surface area contributed by atoms with Crippen LogP contribution < -0.4 is 5.73 Å². The van der Waals surface area contributed by atoms with E-state index in [0.717, 1.165) is 0 Å². The van der Waals surface area contributed by atoms with Crippen molar-refractivity contribution in [3.8, 4) is 0 Å². The monoisotopic (exact) mass is 252 g/mol. The topological polar surface area (TPSA) is 29.3 Å². The Hall–Kier alpha value is -0.380. The van der Waals surface area contributed by atoms with Crippen LogP contribution in [0.4, 0.5) is 0 Å². The zero-order chi connectivity index (χ0) is 12.4. The molecule has 0 aromatic carbocycles. The van der Waals surface area contributed by atoms with Crippen LogP contribution in [-0.4, -0.2) is 24.0 Å². The van der Waals surface area contributed by atoms with Gasteiger partial charge in [0, 0.05) is 15.8 Å². The molecule has 96 valence electrons. The predicted octanol–water partition coefficient (Wildman–Crippen LogP) is 3.24. The fourth-order valence-corrected chi connectivity index (χ4v) is 3.97. The van der Waals surface area contributed by atoms with Gasteiger partial charge in [0.15, 0.2) is 0 Å². The molecule has 2 atom stereocenters. The minimum absolute atomic E-state index is 0.308. The van der Waals surface area contributed by atoms with E-state index in [1.807, 2.05) is 11.3 Å². The Morgan fingerprint density at radius 3 is 2.82 bits per heavy atom. The summed E-state index contributed by atoms with van der Waals surface area (Å²) < 4.78 is 0. The van der Waals surface area contributed by atoms with Crippen LogP contribution in [0.15, 0.2) is 6.07 Å². The molecule has 0 amide bonds. The molecule has 0 aliphatic carbocycles. The fourth-order valence-electron chi connectivity index (χ4n) is 3.01. The van der Waals surface area contributed by atoms with E-state index < -0.39 is 0 Å². The number of rotatable bonds is 3. The van der Waals surface area contributed by atoms with E-state index in [1.165, 1.54) is 47.7 Å². The second kappa shape index (κ2) is 5.51. The first-order valence-electron chi connectivity index (χ1n) is 6.70. The molecule has 2 N–H and O–H groups in total. The second-order valence-corrected chi connectivity index (χ2v) is 6.62. The second-order valence-electron chi connectivity index (χ2n) is 5.16. The molecule has 0 spiro atoms. The minimum atomic E-state index is 0.308. The summed E-state index contributed by atoms with van der Waals surface area (Å²) in [6, 6.07) is 3.11. The number of piperidine rings is 1. The van der Waals surface area contributed by atoms with Crippen molar-refractivity contribution in [2.75, 3.05) is 13.1 Å². The molecule has 1 aromatic heterocycles. The van der Waals surface area contributed by atoms with Crippen molar-refractivity contribution in [3.05, 3.63) is 21.4 Å². The van der Waals surface area contributed by atoms with Gasteiger partial charge in [0.1, 0.15) is 0 Å². The smallest absolute Gasteiger partial charge is 0.0510 e. The Labute approximate surface area is 109 Å². The van der Waals surface area contributed by atoms with Gasteiger partial charge in [-0.1, -0.05) is 6.92 Å². The first-order chi connectivity index (χ1) is 8.13. The van der Waals surface area contributed by atoms with Gasteiger partial charge in [0.2, 0.25) is 0 Å². The lowest BCUT2D eigenvalue weighted by molar-refractivity contribution is 0.128. The average Bonchev–Trinajstić information content (AvgIpc) is 2.58. The third-order valence-corrected chi connectivity index (χ3v) is 4.67. The molecule has 2 nitrogen and oxygen atoms in total. The lowest BCUT2D eigenvalue weighted by Crippen LogP contribution is -2.46. The van der Waals surface area contributed by atoms with Crippen LogP contribution >= 0.6 is 11.3 Å². The molecule has 0 bridgehead atoms. The zero-order valence-electron chi connectivity index (χ0n) is 11.2. The van der Waals surface area contributed by atoms with Crippen LogP contribution in [0.1, 0.15) is 47.5 Å². The van der Waals surface area contributed by atoms with E-state index in [-0.39, 0.29) is 0 Å². The lowest BCUT2D eigenvalue weighted by Gasteiger charge is -2.40. The number of thiophene rings is 1. The zero-order valence-corrected chi connectivity index (χ0v) is 12.0. The summed E-state index contributed by atoms with van der Waals surface area (Å²) >= 11 is 1.90. The molecule has 0 saturated carbocycles. The Balaban J connectivity index is 2.27. The highest BCUT2D eigenvalue weighted by Crippen LogP contribution is 2.35. The van der Waals surface area contributed by atoms with Gasteiger partial charge in [-0.05, 0) is 57.8 Å². The number of nitrogens with zero attached hydrogens (tertiary/aromatic N) is 1. The summed E-state index contributed by atoms with van der Waals surface area (Å²) in [4.78, 5) is 5.44. The van der Waals surface area contributed by atoms with E-state index >= 15 is 0 Å². The quantitative estimate of drug-likeness (QED) is 0.895. The van der Waals surface area contributed by atoms with Gasteiger partial charge in [-0.15, -0.1) is 11.3 Å². The first-order valence-corrected chi connectivity index (χ1v) is 7.51. The average molecular weight is 252 g/mol. The van der Waals surface area contributed by atoms with E-state index in [2.05, 4.69) is 31.7 Å². The molecule has 2 heterocycles. The van der Waals surface area contributed by atoms with Crippen molar-refractivity contribution in [1.29, 1.82) is 0 Å². The Morgan fingerprint density at radius 2 is 2.24 bits per heavy atom. The van der Waals surface area contributed by atoms with E-state index in [4.69, 9.17) is 5.73 Å². The SMILES string of the molecule is CCCN1CCCC(N)C1c1cc(C)sc1C. The van der Waals surface area contributed by atoms with Gasteiger partial charge in [-0.3, -0.25) is 4.90 Å². The van der Waals surface area contributed by atoms with Crippen molar-refractivity contribution in [1.82, 2.24) is 4.90 Å². The maximum absolute atomic E-state index is 6.37. The summed E-state index contributed by atoms with van der Waals surface area (Å²) in [6.45, 7) is 9.06. The summed E-state index contributed by atoms with van der Waals surface area (Å²) in [5.41, 5.74) is 7.85. The standard InChI is InChI=1S/C14H24N2S/c1-4-7-16-8-5-6-13(15)14(16)12-9-10(2)17-11(12)3/h9,13-14H,4-8,15H2,1-3H3. The van der Waals surface area contributed by atoms with Crippen molar-refractivity contribution < 1.29 is 0 Å². The molecule has 2 rings (SSSR count). The number of aryl methyl sites for hydroxylation is 2. The minimum Gasteiger partial charge on any atom is -0.326 e. The van der Waals surface area contributed by atoms with Gasteiger partial charge in [0.25, 0.3) is 0 Å². The molecule has 17 heavy (non-hydrogen) atoms. The van der Waals surface area contributed by atoms with Crippen LogP contribution in [0, 0.1) is 13.8 Å². The maximum atomic E-state index is 6.37. The molecule has 1 saturated heterocycles. The summed E-state index contributed by atoms with van der Waals surface area (Å²) in [6.07, 6.45) is 3.63. The van der Waals surface area contributed by atoms with Gasteiger partial charge < -0.3 is 5.73 Å².